The Bertz CT molecular complexity index is 1060. The van der Waals surface area contributed by atoms with Crippen LogP contribution in [0, 0.1) is 0 Å². The molecule has 1 unspecified atom stereocenters. The van der Waals surface area contributed by atoms with Crippen LogP contribution in [0.5, 0.6) is 0 Å². The molecule has 2 amide bonds. The quantitative estimate of drug-likeness (QED) is 0.251. The number of esters is 1. The number of hydrogen-bond donors (Lipinski definition) is 4. The number of ether oxygens (including phenoxy) is 2. The first-order valence-electron chi connectivity index (χ1n) is 9.39. The summed E-state index contributed by atoms with van der Waals surface area (Å²) in [6.07, 6.45) is 0.869. The second-order valence-electron chi connectivity index (χ2n) is 7.45. The average molecular weight is 477 g/mol. The first-order chi connectivity index (χ1) is 15.4. The third kappa shape index (κ3) is 7.66. The summed E-state index contributed by atoms with van der Waals surface area (Å²) < 4.78 is 9.57. The molecule has 0 fully saturated rings. The van der Waals surface area contributed by atoms with Crippen molar-refractivity contribution in [1.29, 1.82) is 0 Å². The monoisotopic (exact) mass is 476 g/mol. The highest BCUT2D eigenvalue weighted by molar-refractivity contribution is 7.13. The Balaban J connectivity index is 1.97. The molecule has 0 aliphatic rings. The van der Waals surface area contributed by atoms with Crippen molar-refractivity contribution in [3.05, 3.63) is 48.0 Å². The van der Waals surface area contributed by atoms with Crippen LogP contribution in [0.4, 0.5) is 10.7 Å². The lowest BCUT2D eigenvalue weighted by Gasteiger charge is -2.19. The van der Waals surface area contributed by atoms with Crippen molar-refractivity contribution in [2.24, 2.45) is 0 Å². The molecule has 2 heterocycles. The number of carbonyl (C=O) groups is 3. The van der Waals surface area contributed by atoms with Gasteiger partial charge in [0.25, 0.3) is 5.91 Å². The van der Waals surface area contributed by atoms with Crippen LogP contribution in [0.1, 0.15) is 32.7 Å². The van der Waals surface area contributed by atoms with Gasteiger partial charge in [-0.15, -0.1) is 11.3 Å². The van der Waals surface area contributed by atoms with E-state index < -0.39 is 29.8 Å². The number of anilines is 1. The van der Waals surface area contributed by atoms with Crippen LogP contribution in [0.2, 0.25) is 0 Å². The Hall–Kier alpha value is -3.84. The second-order valence-corrected chi connectivity index (χ2v) is 8.31. The number of nitrogens with zero attached hydrogens (tertiary/aromatic N) is 3. The molecular weight excluding hydrogens is 452 g/mol. The van der Waals surface area contributed by atoms with Crippen molar-refractivity contribution in [2.75, 3.05) is 12.4 Å². The van der Waals surface area contributed by atoms with Crippen LogP contribution in [0.15, 0.2) is 42.3 Å². The van der Waals surface area contributed by atoms with Crippen molar-refractivity contribution < 1.29 is 29.0 Å². The highest BCUT2D eigenvalue weighted by atomic mass is 32.1. The van der Waals surface area contributed by atoms with Crippen LogP contribution in [0.3, 0.4) is 0 Å². The normalized spacial score (nSPS) is 11.7. The molecule has 12 nitrogen and oxygen atoms in total. The third-order valence-electron chi connectivity index (χ3n) is 3.59. The van der Waals surface area contributed by atoms with Crippen molar-refractivity contribution in [2.45, 2.75) is 32.6 Å². The first-order valence-corrected chi connectivity index (χ1v) is 10.3. The second kappa shape index (κ2) is 10.7. The number of aliphatic hydroxyl groups is 1. The largest absolute Gasteiger partial charge is 0.464 e. The Morgan fingerprint density at radius 1 is 1.15 bits per heavy atom. The number of amides is 2. The van der Waals surface area contributed by atoms with E-state index in [0.717, 1.165) is 7.11 Å². The maximum Gasteiger partial charge on any atom is 0.414 e. The van der Waals surface area contributed by atoms with Gasteiger partial charge in [0.2, 0.25) is 5.95 Å². The average Bonchev–Trinajstić information content (AvgIpc) is 3.22. The number of aliphatic hydroxyl groups excluding tert-OH is 1. The third-order valence-corrected chi connectivity index (χ3v) is 4.50. The zero-order valence-corrected chi connectivity index (χ0v) is 19.3. The summed E-state index contributed by atoms with van der Waals surface area (Å²) in [5.41, 5.74) is -0.397. The van der Waals surface area contributed by atoms with Crippen molar-refractivity contribution in [1.82, 2.24) is 25.6 Å². The Morgan fingerprint density at radius 2 is 1.79 bits per heavy atom. The van der Waals surface area contributed by atoms with Crippen LogP contribution < -0.4 is 16.0 Å². The minimum absolute atomic E-state index is 0.0577. The standard InChI is InChI=1S/C20H24N6O6S/c1-10(14(27)24-11(2)17(29)31-6)23-15(28)13-9-33-16(25-13)12-7-21-18(22-8-12)26-19(30)32-20(3,4)5/h7-9,15,23,28H,1-2H2,3-6H3,(H,24,27)(H,21,22,26,30). The van der Waals surface area contributed by atoms with Crippen LogP contribution in [-0.2, 0) is 19.1 Å². The Morgan fingerprint density at radius 3 is 2.36 bits per heavy atom. The number of nitrogens with one attached hydrogen (secondary N) is 3. The molecule has 0 bridgehead atoms. The summed E-state index contributed by atoms with van der Waals surface area (Å²) in [5, 5.41) is 19.5. The molecule has 0 spiro atoms. The molecule has 0 radical (unpaired) electrons. The Kier molecular flexibility index (Phi) is 8.21. The van der Waals surface area contributed by atoms with E-state index in [1.54, 1.807) is 26.2 Å². The fraction of sp³-hybridized carbons (Fsp3) is 0.300. The van der Waals surface area contributed by atoms with E-state index in [0.29, 0.717) is 10.6 Å². The topological polar surface area (TPSA) is 165 Å². The molecular formula is C20H24N6O6S. The van der Waals surface area contributed by atoms with E-state index in [4.69, 9.17) is 4.74 Å². The van der Waals surface area contributed by atoms with Crippen LogP contribution >= 0.6 is 11.3 Å². The van der Waals surface area contributed by atoms with Gasteiger partial charge in [-0.1, -0.05) is 13.2 Å². The summed E-state index contributed by atoms with van der Waals surface area (Å²) in [6, 6.07) is 0. The smallest absolute Gasteiger partial charge is 0.414 e. The van der Waals surface area contributed by atoms with Gasteiger partial charge >= 0.3 is 12.1 Å². The van der Waals surface area contributed by atoms with Crippen molar-refractivity contribution in [3.8, 4) is 10.6 Å². The predicted molar refractivity (Wildman–Crippen MR) is 120 cm³/mol. The summed E-state index contributed by atoms with van der Waals surface area (Å²) in [6.45, 7) is 12.1. The summed E-state index contributed by atoms with van der Waals surface area (Å²) in [5.74, 6) is -1.53. The SMILES string of the molecule is C=C(NC(O)c1csc(-c2cnc(NC(=O)OC(C)(C)C)nc2)n1)C(=O)NC(=C)C(=O)OC. The highest BCUT2D eigenvalue weighted by Gasteiger charge is 2.19. The maximum absolute atomic E-state index is 12.0. The minimum atomic E-state index is -1.35. The molecule has 2 rings (SSSR count). The molecule has 1 atom stereocenters. The van der Waals surface area contributed by atoms with Gasteiger partial charge in [0, 0.05) is 23.3 Å². The Labute approximate surface area is 193 Å². The molecule has 2 aromatic heterocycles. The predicted octanol–water partition coefficient (Wildman–Crippen LogP) is 1.84. The number of carbonyl (C=O) groups excluding carboxylic acids is 3. The minimum Gasteiger partial charge on any atom is -0.464 e. The van der Waals surface area contributed by atoms with Gasteiger partial charge in [-0.3, -0.25) is 10.1 Å². The number of methoxy groups -OCH3 is 1. The summed E-state index contributed by atoms with van der Waals surface area (Å²) in [4.78, 5) is 47.5. The fourth-order valence-electron chi connectivity index (χ4n) is 2.13. The first kappa shape index (κ1) is 25.4. The fourth-order valence-corrected chi connectivity index (χ4v) is 2.95. The molecule has 176 valence electrons. The molecule has 0 saturated heterocycles. The van der Waals surface area contributed by atoms with Gasteiger partial charge in [0.1, 0.15) is 22.0 Å². The lowest BCUT2D eigenvalue weighted by atomic mass is 10.2. The lowest BCUT2D eigenvalue weighted by molar-refractivity contribution is -0.137. The maximum atomic E-state index is 12.0. The number of rotatable bonds is 8. The molecule has 0 aromatic carbocycles. The molecule has 2 aromatic rings. The van der Waals surface area contributed by atoms with Gasteiger partial charge in [-0.25, -0.2) is 24.5 Å². The van der Waals surface area contributed by atoms with E-state index in [-0.39, 0.29) is 23.0 Å². The van der Waals surface area contributed by atoms with E-state index in [2.05, 4.69) is 48.8 Å². The zero-order chi connectivity index (χ0) is 24.8. The van der Waals surface area contributed by atoms with Gasteiger partial charge < -0.3 is 25.2 Å². The highest BCUT2D eigenvalue weighted by Crippen LogP contribution is 2.25. The van der Waals surface area contributed by atoms with Crippen LogP contribution in [-0.4, -0.2) is 50.7 Å². The number of aromatic nitrogens is 3. The number of thiazole rings is 1. The van der Waals surface area contributed by atoms with Crippen molar-refractivity contribution >= 4 is 35.3 Å². The van der Waals surface area contributed by atoms with Gasteiger partial charge in [0.05, 0.1) is 12.8 Å². The van der Waals surface area contributed by atoms with Crippen LogP contribution in [0.25, 0.3) is 10.6 Å². The van der Waals surface area contributed by atoms with Gasteiger partial charge in [-0.2, -0.15) is 0 Å². The molecule has 33 heavy (non-hydrogen) atoms. The zero-order valence-electron chi connectivity index (χ0n) is 18.5. The van der Waals surface area contributed by atoms with Gasteiger partial charge in [0.15, 0.2) is 6.23 Å². The molecule has 0 aliphatic carbocycles. The summed E-state index contributed by atoms with van der Waals surface area (Å²) in [7, 11) is 1.15. The number of hydrogen-bond acceptors (Lipinski definition) is 11. The molecule has 13 heteroatoms. The van der Waals surface area contributed by atoms with E-state index in [1.165, 1.54) is 23.7 Å². The van der Waals surface area contributed by atoms with E-state index in [1.807, 2.05) is 0 Å². The van der Waals surface area contributed by atoms with Gasteiger partial charge in [-0.05, 0) is 20.8 Å². The van der Waals surface area contributed by atoms with Crippen molar-refractivity contribution in [3.63, 3.8) is 0 Å². The molecule has 0 saturated carbocycles. The molecule has 4 N–H and O–H groups in total. The molecule has 0 aliphatic heterocycles. The summed E-state index contributed by atoms with van der Waals surface area (Å²) >= 11 is 1.20. The lowest BCUT2D eigenvalue weighted by Crippen LogP contribution is -2.34. The van der Waals surface area contributed by atoms with E-state index in [9.17, 15) is 19.5 Å². The van der Waals surface area contributed by atoms with E-state index >= 15 is 0 Å².